The molecule has 236 valence electrons. The summed E-state index contributed by atoms with van der Waals surface area (Å²) in [4.78, 5) is -2.38. The molecule has 0 amide bonds. The number of benzene rings is 5. The Morgan fingerprint density at radius 1 is 0.543 bits per heavy atom. The molecule has 0 aliphatic carbocycles. The second kappa shape index (κ2) is 12.4. The van der Waals surface area contributed by atoms with Crippen molar-refractivity contribution in [2.45, 2.75) is 14.7 Å². The van der Waals surface area contributed by atoms with Crippen LogP contribution in [0.25, 0.3) is 10.8 Å². The topological polar surface area (TPSA) is 245 Å². The first kappa shape index (κ1) is 32.3. The maximum Gasteiger partial charge on any atom is 0.296 e. The molecule has 0 radical (unpaired) electrons. The number of phenols is 1. The summed E-state index contributed by atoms with van der Waals surface area (Å²) in [6, 6.07) is 22.9. The minimum Gasteiger partial charge on any atom is -0.505 e. The first-order valence-electron chi connectivity index (χ1n) is 12.7. The Hall–Kier alpha value is -5.11. The molecule has 0 fully saturated rings. The minimum atomic E-state index is -4.95. The highest BCUT2D eigenvalue weighted by atomic mass is 32.2. The van der Waals surface area contributed by atoms with E-state index in [1.54, 1.807) is 18.2 Å². The van der Waals surface area contributed by atoms with Crippen molar-refractivity contribution in [3.63, 3.8) is 0 Å². The second-order valence-corrected chi connectivity index (χ2v) is 13.7. The van der Waals surface area contributed by atoms with E-state index in [0.717, 1.165) is 23.9 Å². The van der Waals surface area contributed by atoms with Crippen molar-refractivity contribution in [2.75, 3.05) is 5.32 Å². The molecule has 5 N–H and O–H groups in total. The van der Waals surface area contributed by atoms with Crippen LogP contribution in [0.2, 0.25) is 0 Å². The average molecular weight is 684 g/mol. The molecular formula is C28H21N5O10S3. The van der Waals surface area contributed by atoms with Gasteiger partial charge >= 0.3 is 0 Å². The van der Waals surface area contributed by atoms with Crippen molar-refractivity contribution < 1.29 is 44.0 Å². The zero-order valence-corrected chi connectivity index (χ0v) is 25.4. The molecule has 0 spiro atoms. The summed E-state index contributed by atoms with van der Waals surface area (Å²) in [7, 11) is -14.6. The van der Waals surface area contributed by atoms with E-state index in [4.69, 9.17) is 4.55 Å². The fourth-order valence-electron chi connectivity index (χ4n) is 4.16. The number of hydrogen-bond acceptors (Lipinski definition) is 12. The van der Waals surface area contributed by atoms with Crippen LogP contribution in [0.15, 0.2) is 132 Å². The van der Waals surface area contributed by atoms with Crippen LogP contribution in [0.1, 0.15) is 0 Å². The van der Waals surface area contributed by atoms with Gasteiger partial charge in [-0.25, -0.2) is 0 Å². The number of phenolic OH excluding ortho intramolecular Hbond substituents is 1. The van der Waals surface area contributed by atoms with Gasteiger partial charge in [-0.2, -0.15) is 35.5 Å². The van der Waals surface area contributed by atoms with Gasteiger partial charge in [-0.1, -0.05) is 18.2 Å². The average Bonchev–Trinajstić information content (AvgIpc) is 2.99. The molecule has 0 saturated heterocycles. The van der Waals surface area contributed by atoms with E-state index in [0.29, 0.717) is 17.1 Å². The Kier molecular flexibility index (Phi) is 8.67. The largest absolute Gasteiger partial charge is 0.505 e. The molecule has 0 heterocycles. The lowest BCUT2D eigenvalue weighted by molar-refractivity contribution is 0.472. The number of fused-ring (bicyclic) bond motifs is 1. The lowest BCUT2D eigenvalue weighted by Crippen LogP contribution is -2.03. The highest BCUT2D eigenvalue weighted by molar-refractivity contribution is 7.87. The monoisotopic (exact) mass is 683 g/mol. The van der Waals surface area contributed by atoms with Gasteiger partial charge in [-0.3, -0.25) is 13.7 Å². The normalized spacial score (nSPS) is 12.7. The predicted molar refractivity (Wildman–Crippen MR) is 166 cm³/mol. The second-order valence-electron chi connectivity index (χ2n) is 9.47. The lowest BCUT2D eigenvalue weighted by atomic mass is 10.1. The zero-order chi connectivity index (χ0) is 33.3. The van der Waals surface area contributed by atoms with Crippen molar-refractivity contribution in [3.8, 4) is 5.75 Å². The number of para-hydroxylation sites is 1. The van der Waals surface area contributed by atoms with E-state index in [1.807, 2.05) is 30.3 Å². The summed E-state index contributed by atoms with van der Waals surface area (Å²) in [6.45, 7) is 0. The maximum atomic E-state index is 12.2. The molecular weight excluding hydrogens is 663 g/mol. The number of aromatic hydroxyl groups is 1. The molecule has 0 bridgehead atoms. The molecule has 0 saturated carbocycles. The van der Waals surface area contributed by atoms with E-state index >= 15 is 0 Å². The predicted octanol–water partition coefficient (Wildman–Crippen LogP) is 6.86. The van der Waals surface area contributed by atoms with Crippen LogP contribution >= 0.6 is 0 Å². The van der Waals surface area contributed by atoms with Crippen molar-refractivity contribution in [1.82, 2.24) is 0 Å². The van der Waals surface area contributed by atoms with Gasteiger partial charge in [0.25, 0.3) is 30.4 Å². The van der Waals surface area contributed by atoms with Gasteiger partial charge in [0.1, 0.15) is 21.2 Å². The van der Waals surface area contributed by atoms with Crippen LogP contribution in [0.5, 0.6) is 5.75 Å². The lowest BCUT2D eigenvalue weighted by Gasteiger charge is -2.11. The van der Waals surface area contributed by atoms with E-state index < -0.39 is 62.2 Å². The first-order valence-corrected chi connectivity index (χ1v) is 17.0. The number of rotatable bonds is 9. The van der Waals surface area contributed by atoms with Crippen molar-refractivity contribution in [2.24, 2.45) is 20.5 Å². The third kappa shape index (κ3) is 7.40. The highest BCUT2D eigenvalue weighted by Gasteiger charge is 2.23. The summed E-state index contributed by atoms with van der Waals surface area (Å²) < 4.78 is 99.1. The minimum absolute atomic E-state index is 0.145. The molecule has 46 heavy (non-hydrogen) atoms. The number of nitrogens with one attached hydrogen (secondary N) is 1. The van der Waals surface area contributed by atoms with E-state index in [9.17, 15) is 39.5 Å². The van der Waals surface area contributed by atoms with Crippen molar-refractivity contribution in [3.05, 3.63) is 97.1 Å². The van der Waals surface area contributed by atoms with Crippen LogP contribution in [0.3, 0.4) is 0 Å². The van der Waals surface area contributed by atoms with Crippen LogP contribution in [0.4, 0.5) is 34.1 Å². The fraction of sp³-hybridized carbons (Fsp3) is 0. The Bertz CT molecular complexity index is 2370. The van der Waals surface area contributed by atoms with Crippen LogP contribution in [0, 0.1) is 0 Å². The standard InChI is InChI=1S/C28H21N5O10S3/c34-28-23-12-10-21(29-18-4-2-1-3-5-18)14-17(23)15-26(46(41,42)43)27(28)33-31-20-8-6-19(7-9-20)30-32-24-13-11-22(44(35,36)37)16-25(24)45(38,39)40/h1-16,29,34H,(H,35,36,37)(H,38,39,40)(H,41,42,43). The third-order valence-corrected chi connectivity index (χ3v) is 8.89. The molecule has 0 aliphatic heterocycles. The van der Waals surface area contributed by atoms with Gasteiger partial charge in [0.15, 0.2) is 5.75 Å². The summed E-state index contributed by atoms with van der Waals surface area (Å²) in [5.41, 5.74) is 0.732. The summed E-state index contributed by atoms with van der Waals surface area (Å²) >= 11 is 0. The molecule has 0 aliphatic rings. The van der Waals surface area contributed by atoms with Gasteiger partial charge < -0.3 is 10.4 Å². The molecule has 18 heteroatoms. The van der Waals surface area contributed by atoms with Gasteiger partial charge in [-0.05, 0) is 84.2 Å². The summed E-state index contributed by atoms with van der Waals surface area (Å²) in [6.07, 6.45) is 0. The summed E-state index contributed by atoms with van der Waals surface area (Å²) in [5, 5.41) is 30.0. The fourth-order valence-corrected chi connectivity index (χ4v) is 6.05. The molecule has 0 unspecified atom stereocenters. The molecule has 5 aromatic rings. The quantitative estimate of drug-likeness (QED) is 0.0793. The van der Waals surface area contributed by atoms with Crippen LogP contribution in [-0.2, 0) is 30.4 Å². The number of azo groups is 2. The SMILES string of the molecule is O=S(=O)(O)c1ccc(N=Nc2ccc(N=Nc3c(S(=O)(=O)O)cc4cc(Nc5ccccc5)ccc4c3O)cc2)c(S(=O)(=O)O)c1. The van der Waals surface area contributed by atoms with Gasteiger partial charge in [0.05, 0.1) is 16.3 Å². The maximum absolute atomic E-state index is 12.2. The van der Waals surface area contributed by atoms with Gasteiger partial charge in [0.2, 0.25) is 0 Å². The molecule has 5 aromatic carbocycles. The zero-order valence-electron chi connectivity index (χ0n) is 23.0. The molecule has 0 aromatic heterocycles. The Balaban J connectivity index is 1.43. The Morgan fingerprint density at radius 3 is 1.74 bits per heavy atom. The number of hydrogen-bond donors (Lipinski definition) is 5. The Labute approximate surface area is 261 Å². The third-order valence-electron chi connectivity index (χ3n) is 6.29. The highest BCUT2D eigenvalue weighted by Crippen LogP contribution is 2.42. The molecule has 0 atom stereocenters. The van der Waals surface area contributed by atoms with Crippen LogP contribution < -0.4 is 5.32 Å². The van der Waals surface area contributed by atoms with Gasteiger partial charge in [-0.15, -0.1) is 10.2 Å². The summed E-state index contributed by atoms with van der Waals surface area (Å²) in [5.74, 6) is -0.541. The molecule has 15 nitrogen and oxygen atoms in total. The first-order chi connectivity index (χ1) is 21.6. The van der Waals surface area contributed by atoms with Gasteiger partial charge in [0, 0.05) is 16.8 Å². The van der Waals surface area contributed by atoms with Crippen LogP contribution in [-0.4, -0.2) is 44.0 Å². The Morgan fingerprint density at radius 2 is 1.15 bits per heavy atom. The van der Waals surface area contributed by atoms with E-state index in [-0.39, 0.29) is 16.8 Å². The van der Waals surface area contributed by atoms with E-state index in [2.05, 4.69) is 25.8 Å². The number of nitrogens with zero attached hydrogens (tertiary/aromatic N) is 4. The smallest absolute Gasteiger partial charge is 0.296 e. The van der Waals surface area contributed by atoms with Crippen molar-refractivity contribution in [1.29, 1.82) is 0 Å². The van der Waals surface area contributed by atoms with Crippen molar-refractivity contribution >= 4 is 75.3 Å². The molecule has 5 rings (SSSR count). The van der Waals surface area contributed by atoms with E-state index in [1.165, 1.54) is 24.3 Å². The number of anilines is 2.